The average Bonchev–Trinajstić information content (AvgIpc) is 2.94. The lowest BCUT2D eigenvalue weighted by atomic mass is 10.1. The van der Waals surface area contributed by atoms with E-state index in [9.17, 15) is 14.4 Å². The highest BCUT2D eigenvalue weighted by molar-refractivity contribution is 5.99. The zero-order valence-electron chi connectivity index (χ0n) is 13.5. The number of hydrogen-bond donors (Lipinski definition) is 1. The summed E-state index contributed by atoms with van der Waals surface area (Å²) >= 11 is 0. The molecule has 23 heavy (non-hydrogen) atoms. The summed E-state index contributed by atoms with van der Waals surface area (Å²) in [5.74, 6) is -1.86. The van der Waals surface area contributed by atoms with Crippen molar-refractivity contribution in [3.63, 3.8) is 0 Å². The summed E-state index contributed by atoms with van der Waals surface area (Å²) in [4.78, 5) is 37.4. The Balaban J connectivity index is 2.19. The molecule has 1 heterocycles. The SMILES string of the molecule is CC(C)(C)OC(=O)[C@H]1CCCN1C(=O)c1cccc(C(=O)O)c1. The number of amides is 1. The molecular formula is C17H21NO5. The number of carboxylic acids is 1. The van der Waals surface area contributed by atoms with Crippen LogP contribution < -0.4 is 0 Å². The average molecular weight is 319 g/mol. The molecule has 1 aromatic rings. The molecule has 1 aliphatic heterocycles. The Morgan fingerprint density at radius 1 is 1.22 bits per heavy atom. The maximum atomic E-state index is 12.6. The van der Waals surface area contributed by atoms with E-state index in [4.69, 9.17) is 9.84 Å². The van der Waals surface area contributed by atoms with Gasteiger partial charge >= 0.3 is 11.9 Å². The van der Waals surface area contributed by atoms with Crippen LogP contribution in [-0.4, -0.2) is 46.0 Å². The van der Waals surface area contributed by atoms with Crippen LogP contribution in [0.5, 0.6) is 0 Å². The standard InChI is InChI=1S/C17H21NO5/c1-17(2,3)23-16(22)13-8-5-9-18(13)14(19)11-6-4-7-12(10-11)15(20)21/h4,6-7,10,13H,5,8-9H2,1-3H3,(H,20,21)/t13-/m1/s1. The second kappa shape index (κ2) is 6.40. The van der Waals surface area contributed by atoms with Gasteiger partial charge in [-0.15, -0.1) is 0 Å². The molecule has 0 aliphatic carbocycles. The fourth-order valence-electron chi connectivity index (χ4n) is 2.58. The van der Waals surface area contributed by atoms with E-state index in [-0.39, 0.29) is 17.0 Å². The van der Waals surface area contributed by atoms with E-state index in [0.717, 1.165) is 0 Å². The third kappa shape index (κ3) is 4.09. The Morgan fingerprint density at radius 3 is 2.48 bits per heavy atom. The molecule has 0 saturated carbocycles. The van der Waals surface area contributed by atoms with E-state index >= 15 is 0 Å². The van der Waals surface area contributed by atoms with Crippen LogP contribution in [0.3, 0.4) is 0 Å². The molecule has 0 unspecified atom stereocenters. The van der Waals surface area contributed by atoms with Gasteiger partial charge in [-0.05, 0) is 51.8 Å². The Labute approximate surface area is 135 Å². The largest absolute Gasteiger partial charge is 0.478 e. The Morgan fingerprint density at radius 2 is 1.87 bits per heavy atom. The summed E-state index contributed by atoms with van der Waals surface area (Å²) in [6, 6.07) is 5.22. The van der Waals surface area contributed by atoms with Crippen molar-refractivity contribution in [2.75, 3.05) is 6.54 Å². The molecule has 0 spiro atoms. The van der Waals surface area contributed by atoms with Gasteiger partial charge in [0.2, 0.25) is 0 Å². The first kappa shape index (κ1) is 17.0. The second-order valence-electron chi connectivity index (χ2n) is 6.58. The first-order valence-electron chi connectivity index (χ1n) is 7.56. The predicted molar refractivity (Wildman–Crippen MR) is 83.3 cm³/mol. The number of carbonyl (C=O) groups is 3. The summed E-state index contributed by atoms with van der Waals surface area (Å²) in [7, 11) is 0. The minimum atomic E-state index is -1.09. The molecule has 1 aromatic carbocycles. The molecule has 6 nitrogen and oxygen atoms in total. The van der Waals surface area contributed by atoms with Gasteiger partial charge in [0.1, 0.15) is 11.6 Å². The summed E-state index contributed by atoms with van der Waals surface area (Å²) in [5.41, 5.74) is -0.304. The van der Waals surface area contributed by atoms with Gasteiger partial charge in [0.05, 0.1) is 5.56 Å². The fourth-order valence-corrected chi connectivity index (χ4v) is 2.58. The molecule has 6 heteroatoms. The van der Waals surface area contributed by atoms with Gasteiger partial charge in [-0.3, -0.25) is 4.79 Å². The van der Waals surface area contributed by atoms with Crippen LogP contribution in [0.2, 0.25) is 0 Å². The van der Waals surface area contributed by atoms with Gasteiger partial charge in [0, 0.05) is 12.1 Å². The van der Waals surface area contributed by atoms with Crippen molar-refractivity contribution in [3.05, 3.63) is 35.4 Å². The number of rotatable bonds is 3. The van der Waals surface area contributed by atoms with Crippen LogP contribution in [0, 0.1) is 0 Å². The normalized spacial score (nSPS) is 17.9. The second-order valence-corrected chi connectivity index (χ2v) is 6.58. The molecule has 1 aliphatic rings. The highest BCUT2D eigenvalue weighted by Gasteiger charge is 2.37. The topological polar surface area (TPSA) is 83.9 Å². The third-order valence-corrected chi connectivity index (χ3v) is 3.55. The number of likely N-dealkylation sites (tertiary alicyclic amines) is 1. The molecule has 1 atom stereocenters. The van der Waals surface area contributed by atoms with Gasteiger partial charge < -0.3 is 14.7 Å². The van der Waals surface area contributed by atoms with E-state index in [1.54, 1.807) is 26.8 Å². The molecule has 0 aromatic heterocycles. The highest BCUT2D eigenvalue weighted by Crippen LogP contribution is 2.23. The zero-order valence-corrected chi connectivity index (χ0v) is 13.5. The van der Waals surface area contributed by atoms with E-state index in [2.05, 4.69) is 0 Å². The summed E-state index contributed by atoms with van der Waals surface area (Å²) < 4.78 is 5.37. The first-order chi connectivity index (χ1) is 10.7. The predicted octanol–water partition coefficient (Wildman–Crippen LogP) is 2.33. The van der Waals surface area contributed by atoms with Crippen molar-refractivity contribution in [3.8, 4) is 0 Å². The lowest BCUT2D eigenvalue weighted by Crippen LogP contribution is -2.43. The lowest BCUT2D eigenvalue weighted by molar-refractivity contribution is -0.159. The molecule has 1 saturated heterocycles. The van der Waals surface area contributed by atoms with Gasteiger partial charge in [0.15, 0.2) is 0 Å². The van der Waals surface area contributed by atoms with Crippen molar-refractivity contribution < 1.29 is 24.2 Å². The van der Waals surface area contributed by atoms with Gasteiger partial charge in [0.25, 0.3) is 5.91 Å². The van der Waals surface area contributed by atoms with Crippen LogP contribution >= 0.6 is 0 Å². The fraction of sp³-hybridized carbons (Fsp3) is 0.471. The van der Waals surface area contributed by atoms with Gasteiger partial charge in [-0.2, -0.15) is 0 Å². The van der Waals surface area contributed by atoms with E-state index in [1.807, 2.05) is 0 Å². The lowest BCUT2D eigenvalue weighted by Gasteiger charge is -2.27. The minimum absolute atomic E-state index is 0.0452. The van der Waals surface area contributed by atoms with Crippen molar-refractivity contribution in [1.29, 1.82) is 0 Å². The Hall–Kier alpha value is -2.37. The summed E-state index contributed by atoms with van der Waals surface area (Å²) in [5, 5.41) is 9.03. The maximum absolute atomic E-state index is 12.6. The molecule has 2 rings (SSSR count). The summed E-state index contributed by atoms with van der Waals surface area (Å²) in [6.07, 6.45) is 1.27. The monoisotopic (exact) mass is 319 g/mol. The van der Waals surface area contributed by atoms with Crippen LogP contribution in [-0.2, 0) is 9.53 Å². The molecule has 1 N–H and O–H groups in total. The quantitative estimate of drug-likeness (QED) is 0.864. The molecule has 124 valence electrons. The van der Waals surface area contributed by atoms with Crippen LogP contribution in [0.25, 0.3) is 0 Å². The maximum Gasteiger partial charge on any atom is 0.335 e. The molecule has 0 bridgehead atoms. The van der Waals surface area contributed by atoms with Crippen molar-refractivity contribution >= 4 is 17.8 Å². The minimum Gasteiger partial charge on any atom is -0.478 e. The van der Waals surface area contributed by atoms with Crippen molar-refractivity contribution in [2.45, 2.75) is 45.3 Å². The number of esters is 1. The smallest absolute Gasteiger partial charge is 0.335 e. The van der Waals surface area contributed by atoms with Gasteiger partial charge in [-0.25, -0.2) is 9.59 Å². The van der Waals surface area contributed by atoms with E-state index in [1.165, 1.54) is 23.1 Å². The number of aromatic carboxylic acids is 1. The number of carboxylic acid groups (broad SMARTS) is 1. The number of nitrogens with zero attached hydrogens (tertiary/aromatic N) is 1. The van der Waals surface area contributed by atoms with E-state index in [0.29, 0.717) is 19.4 Å². The molecular weight excluding hydrogens is 298 g/mol. The van der Waals surface area contributed by atoms with Crippen molar-refractivity contribution in [1.82, 2.24) is 4.90 Å². The van der Waals surface area contributed by atoms with Crippen LogP contribution in [0.1, 0.15) is 54.3 Å². The number of benzene rings is 1. The molecule has 0 radical (unpaired) electrons. The summed E-state index contributed by atoms with van der Waals surface area (Å²) in [6.45, 7) is 5.80. The molecule has 1 fully saturated rings. The zero-order chi connectivity index (χ0) is 17.2. The van der Waals surface area contributed by atoms with Gasteiger partial charge in [-0.1, -0.05) is 6.07 Å². The number of hydrogen-bond acceptors (Lipinski definition) is 4. The van der Waals surface area contributed by atoms with Crippen LogP contribution in [0.4, 0.5) is 0 Å². The highest BCUT2D eigenvalue weighted by atomic mass is 16.6. The number of carbonyl (C=O) groups excluding carboxylic acids is 2. The third-order valence-electron chi connectivity index (χ3n) is 3.55. The van der Waals surface area contributed by atoms with Crippen molar-refractivity contribution in [2.24, 2.45) is 0 Å². The van der Waals surface area contributed by atoms with Crippen LogP contribution in [0.15, 0.2) is 24.3 Å². The molecule has 1 amide bonds. The number of ether oxygens (including phenoxy) is 1. The first-order valence-corrected chi connectivity index (χ1v) is 7.56. The Bertz CT molecular complexity index is 632. The Kier molecular flexibility index (Phi) is 4.73. The van der Waals surface area contributed by atoms with E-state index < -0.39 is 23.6 Å².